The van der Waals surface area contributed by atoms with E-state index in [-0.39, 0.29) is 27.3 Å². The molecule has 0 saturated heterocycles. The van der Waals surface area contributed by atoms with E-state index >= 15 is 0 Å². The SMILES string of the molecule is COc1cccc(NC(=O)CNc2cccc(S(=O)(=O)c3ccc(C)cc3)c2Cl)c1. The monoisotopic (exact) mass is 444 g/mol. The van der Waals surface area contributed by atoms with E-state index in [0.29, 0.717) is 17.1 Å². The quantitative estimate of drug-likeness (QED) is 0.558. The zero-order valence-corrected chi connectivity index (χ0v) is 18.0. The van der Waals surface area contributed by atoms with Gasteiger partial charge in [-0.15, -0.1) is 0 Å². The molecule has 0 aliphatic rings. The van der Waals surface area contributed by atoms with Gasteiger partial charge in [0.25, 0.3) is 0 Å². The molecular weight excluding hydrogens is 424 g/mol. The third kappa shape index (κ3) is 4.93. The Labute approximate surface area is 180 Å². The molecular formula is C22H21ClN2O4S. The number of amides is 1. The van der Waals surface area contributed by atoms with E-state index in [0.717, 1.165) is 5.56 Å². The molecule has 156 valence electrons. The van der Waals surface area contributed by atoms with E-state index in [2.05, 4.69) is 10.6 Å². The number of carbonyl (C=O) groups is 1. The summed E-state index contributed by atoms with van der Waals surface area (Å²) in [4.78, 5) is 12.4. The minimum absolute atomic E-state index is 0.0220. The molecule has 0 radical (unpaired) electrons. The average Bonchev–Trinajstić information content (AvgIpc) is 2.73. The molecule has 0 heterocycles. The number of nitrogens with one attached hydrogen (secondary N) is 2. The van der Waals surface area contributed by atoms with Gasteiger partial charge in [-0.3, -0.25) is 4.79 Å². The average molecular weight is 445 g/mol. The summed E-state index contributed by atoms with van der Waals surface area (Å²) in [5.74, 6) is 0.309. The van der Waals surface area contributed by atoms with Crippen molar-refractivity contribution in [1.82, 2.24) is 0 Å². The Balaban J connectivity index is 1.75. The summed E-state index contributed by atoms with van der Waals surface area (Å²) in [5.41, 5.74) is 1.89. The van der Waals surface area contributed by atoms with Gasteiger partial charge in [0.1, 0.15) is 5.75 Å². The summed E-state index contributed by atoms with van der Waals surface area (Å²) >= 11 is 6.37. The number of carbonyl (C=O) groups excluding carboxylic acids is 1. The molecule has 1 amide bonds. The summed E-state index contributed by atoms with van der Waals surface area (Å²) in [6.45, 7) is 1.79. The molecule has 0 atom stereocenters. The van der Waals surface area contributed by atoms with E-state index in [1.165, 1.54) is 6.07 Å². The molecule has 8 heteroatoms. The Morgan fingerprint density at radius 2 is 1.73 bits per heavy atom. The van der Waals surface area contributed by atoms with Crippen molar-refractivity contribution in [2.45, 2.75) is 16.7 Å². The van der Waals surface area contributed by atoms with Gasteiger partial charge in [-0.2, -0.15) is 0 Å². The van der Waals surface area contributed by atoms with E-state index in [4.69, 9.17) is 16.3 Å². The lowest BCUT2D eigenvalue weighted by Gasteiger charge is -2.13. The van der Waals surface area contributed by atoms with Gasteiger partial charge in [-0.1, -0.05) is 41.4 Å². The van der Waals surface area contributed by atoms with Crippen molar-refractivity contribution >= 4 is 38.7 Å². The Kier molecular flexibility index (Phi) is 6.64. The van der Waals surface area contributed by atoms with Crippen molar-refractivity contribution in [2.24, 2.45) is 0 Å². The number of benzene rings is 3. The first-order chi connectivity index (χ1) is 14.3. The molecule has 2 N–H and O–H groups in total. The predicted octanol–water partition coefficient (Wildman–Crippen LogP) is 4.54. The van der Waals surface area contributed by atoms with Crippen LogP contribution in [0.5, 0.6) is 5.75 Å². The van der Waals surface area contributed by atoms with Gasteiger partial charge in [0.15, 0.2) is 0 Å². The fourth-order valence-electron chi connectivity index (χ4n) is 2.78. The number of aryl methyl sites for hydroxylation is 1. The lowest BCUT2D eigenvalue weighted by molar-refractivity contribution is -0.114. The van der Waals surface area contributed by atoms with Crippen LogP contribution in [0.4, 0.5) is 11.4 Å². The Bertz CT molecular complexity index is 1160. The van der Waals surface area contributed by atoms with Crippen LogP contribution in [-0.4, -0.2) is 28.0 Å². The number of methoxy groups -OCH3 is 1. The normalized spacial score (nSPS) is 11.0. The minimum atomic E-state index is -3.79. The summed E-state index contributed by atoms with van der Waals surface area (Å²) in [5, 5.41) is 5.67. The first-order valence-corrected chi connectivity index (χ1v) is 11.0. The Hall–Kier alpha value is -3.03. The van der Waals surface area contributed by atoms with Crippen LogP contribution >= 0.6 is 11.6 Å². The minimum Gasteiger partial charge on any atom is -0.497 e. The van der Waals surface area contributed by atoms with Crippen LogP contribution < -0.4 is 15.4 Å². The highest BCUT2D eigenvalue weighted by Crippen LogP contribution is 2.33. The largest absolute Gasteiger partial charge is 0.497 e. The molecule has 0 aromatic heterocycles. The lowest BCUT2D eigenvalue weighted by Crippen LogP contribution is -2.22. The number of sulfone groups is 1. The maximum atomic E-state index is 13.0. The number of rotatable bonds is 7. The van der Waals surface area contributed by atoms with Gasteiger partial charge in [0.2, 0.25) is 15.7 Å². The Morgan fingerprint density at radius 1 is 1.03 bits per heavy atom. The highest BCUT2D eigenvalue weighted by atomic mass is 35.5. The van der Waals surface area contributed by atoms with E-state index < -0.39 is 9.84 Å². The fraction of sp³-hybridized carbons (Fsp3) is 0.136. The molecule has 0 unspecified atom stereocenters. The van der Waals surface area contributed by atoms with Gasteiger partial charge in [-0.25, -0.2) is 8.42 Å². The van der Waals surface area contributed by atoms with Gasteiger partial charge < -0.3 is 15.4 Å². The molecule has 0 spiro atoms. The van der Waals surface area contributed by atoms with Crippen LogP contribution in [0.25, 0.3) is 0 Å². The van der Waals surface area contributed by atoms with Gasteiger partial charge in [-0.05, 0) is 43.3 Å². The van der Waals surface area contributed by atoms with Crippen molar-refractivity contribution < 1.29 is 17.9 Å². The summed E-state index contributed by atoms with van der Waals surface area (Å²) in [6.07, 6.45) is 0. The molecule has 6 nitrogen and oxygen atoms in total. The van der Waals surface area contributed by atoms with Gasteiger partial charge in [0, 0.05) is 11.8 Å². The highest BCUT2D eigenvalue weighted by molar-refractivity contribution is 7.91. The van der Waals surface area contributed by atoms with Gasteiger partial charge >= 0.3 is 0 Å². The number of hydrogen-bond acceptors (Lipinski definition) is 5. The van der Waals surface area contributed by atoms with Gasteiger partial charge in [0.05, 0.1) is 34.2 Å². The molecule has 0 fully saturated rings. The number of anilines is 2. The first kappa shape index (κ1) is 21.7. The lowest BCUT2D eigenvalue weighted by atomic mass is 10.2. The second kappa shape index (κ2) is 9.19. The van der Waals surface area contributed by atoms with Crippen molar-refractivity contribution in [2.75, 3.05) is 24.3 Å². The van der Waals surface area contributed by atoms with Crippen molar-refractivity contribution in [3.8, 4) is 5.75 Å². The number of ether oxygens (including phenoxy) is 1. The van der Waals surface area contributed by atoms with Crippen LogP contribution in [0, 0.1) is 6.92 Å². The zero-order valence-electron chi connectivity index (χ0n) is 16.5. The maximum Gasteiger partial charge on any atom is 0.243 e. The zero-order chi connectivity index (χ0) is 21.7. The van der Waals surface area contributed by atoms with Crippen molar-refractivity contribution in [3.63, 3.8) is 0 Å². The predicted molar refractivity (Wildman–Crippen MR) is 118 cm³/mol. The summed E-state index contributed by atoms with van der Waals surface area (Å²) in [7, 11) is -2.25. The van der Waals surface area contributed by atoms with Crippen LogP contribution in [0.15, 0.2) is 76.5 Å². The molecule has 3 aromatic rings. The van der Waals surface area contributed by atoms with Crippen LogP contribution in [0.3, 0.4) is 0 Å². The first-order valence-electron chi connectivity index (χ1n) is 9.09. The third-order valence-corrected chi connectivity index (χ3v) is 6.71. The van der Waals surface area contributed by atoms with E-state index in [9.17, 15) is 13.2 Å². The fourth-order valence-corrected chi connectivity index (χ4v) is 4.63. The number of hydrogen-bond donors (Lipinski definition) is 2. The van der Waals surface area contributed by atoms with Crippen LogP contribution in [-0.2, 0) is 14.6 Å². The molecule has 0 saturated carbocycles. The second-order valence-electron chi connectivity index (χ2n) is 6.57. The molecule has 0 aliphatic carbocycles. The third-order valence-electron chi connectivity index (χ3n) is 4.38. The van der Waals surface area contributed by atoms with E-state index in [1.54, 1.807) is 67.8 Å². The molecule has 30 heavy (non-hydrogen) atoms. The number of halogens is 1. The maximum absolute atomic E-state index is 13.0. The molecule has 0 aliphatic heterocycles. The molecule has 3 rings (SSSR count). The van der Waals surface area contributed by atoms with Crippen molar-refractivity contribution in [3.05, 3.63) is 77.3 Å². The summed E-state index contributed by atoms with van der Waals surface area (Å²) in [6, 6.07) is 18.2. The van der Waals surface area contributed by atoms with E-state index in [1.807, 2.05) is 6.92 Å². The van der Waals surface area contributed by atoms with Crippen LogP contribution in [0.2, 0.25) is 5.02 Å². The molecule has 0 bridgehead atoms. The van der Waals surface area contributed by atoms with Crippen molar-refractivity contribution in [1.29, 1.82) is 0 Å². The highest BCUT2D eigenvalue weighted by Gasteiger charge is 2.22. The smallest absolute Gasteiger partial charge is 0.243 e. The summed E-state index contributed by atoms with van der Waals surface area (Å²) < 4.78 is 31.0. The molecule has 3 aromatic carbocycles. The standard InChI is InChI=1S/C22H21ClN2O4S/c1-15-9-11-18(12-10-15)30(27,28)20-8-4-7-19(22(20)23)24-14-21(26)25-16-5-3-6-17(13-16)29-2/h3-13,24H,14H2,1-2H3,(H,25,26). The topological polar surface area (TPSA) is 84.5 Å². The second-order valence-corrected chi connectivity index (χ2v) is 8.86. The Morgan fingerprint density at radius 3 is 2.43 bits per heavy atom. The van der Waals surface area contributed by atoms with Crippen LogP contribution in [0.1, 0.15) is 5.56 Å².